The molecule has 3 aromatic rings. The Bertz CT molecular complexity index is 726. The molecule has 0 saturated heterocycles. The molecule has 0 atom stereocenters. The highest BCUT2D eigenvalue weighted by atomic mass is 16.3. The van der Waals surface area contributed by atoms with Crippen LogP contribution < -0.4 is 5.32 Å². The van der Waals surface area contributed by atoms with E-state index < -0.39 is 0 Å². The third kappa shape index (κ3) is 2.12. The van der Waals surface area contributed by atoms with Crippen molar-refractivity contribution in [2.75, 3.05) is 0 Å². The molecule has 2 nitrogen and oxygen atoms in total. The van der Waals surface area contributed by atoms with Crippen LogP contribution in [-0.4, -0.2) is 6.04 Å². The number of para-hydroxylation sites is 1. The van der Waals surface area contributed by atoms with Gasteiger partial charge in [-0.05, 0) is 18.4 Å². The summed E-state index contributed by atoms with van der Waals surface area (Å²) in [6, 6.07) is 17.5. The van der Waals surface area contributed by atoms with Gasteiger partial charge >= 0.3 is 0 Å². The second kappa shape index (κ2) is 4.80. The summed E-state index contributed by atoms with van der Waals surface area (Å²) in [5, 5.41) is 4.77. The normalized spacial score (nSPS) is 14.8. The van der Waals surface area contributed by atoms with Gasteiger partial charge in [0.25, 0.3) is 0 Å². The van der Waals surface area contributed by atoms with Crippen molar-refractivity contribution in [3.8, 4) is 11.1 Å². The summed E-state index contributed by atoms with van der Waals surface area (Å²) in [5.41, 5.74) is 4.62. The molecule has 4 rings (SSSR count). The van der Waals surface area contributed by atoms with E-state index in [1.54, 1.807) is 0 Å². The van der Waals surface area contributed by atoms with Gasteiger partial charge in [-0.1, -0.05) is 48.5 Å². The summed E-state index contributed by atoms with van der Waals surface area (Å²) in [5.74, 6) is 0. The van der Waals surface area contributed by atoms with Crippen molar-refractivity contribution in [2.45, 2.75) is 25.4 Å². The first-order chi connectivity index (χ1) is 9.92. The average molecular weight is 263 g/mol. The minimum Gasteiger partial charge on any atom is -0.463 e. The van der Waals surface area contributed by atoms with Gasteiger partial charge in [-0.15, -0.1) is 0 Å². The molecule has 1 fully saturated rings. The molecule has 0 spiro atoms. The molecule has 2 aromatic carbocycles. The summed E-state index contributed by atoms with van der Waals surface area (Å²) < 4.78 is 5.85. The molecule has 0 amide bonds. The van der Waals surface area contributed by atoms with Crippen molar-refractivity contribution in [2.24, 2.45) is 0 Å². The monoisotopic (exact) mass is 263 g/mol. The molecule has 1 aliphatic rings. The zero-order valence-electron chi connectivity index (χ0n) is 11.3. The first-order valence-corrected chi connectivity index (χ1v) is 7.20. The maximum atomic E-state index is 5.85. The zero-order chi connectivity index (χ0) is 13.4. The molecule has 0 radical (unpaired) electrons. The van der Waals surface area contributed by atoms with E-state index in [0.717, 1.165) is 18.2 Å². The maximum absolute atomic E-state index is 5.85. The summed E-state index contributed by atoms with van der Waals surface area (Å²) in [4.78, 5) is 0. The smallest absolute Gasteiger partial charge is 0.142 e. The second-order valence-corrected chi connectivity index (χ2v) is 5.46. The molecular weight excluding hydrogens is 246 g/mol. The van der Waals surface area contributed by atoms with E-state index in [-0.39, 0.29) is 0 Å². The van der Waals surface area contributed by atoms with Gasteiger partial charge in [-0.3, -0.25) is 0 Å². The number of benzene rings is 2. The fraction of sp³-hybridized carbons (Fsp3) is 0.222. The van der Waals surface area contributed by atoms with E-state index in [4.69, 9.17) is 4.42 Å². The molecule has 1 aromatic heterocycles. The minimum atomic E-state index is 0.720. The highest BCUT2D eigenvalue weighted by Gasteiger charge is 2.21. The predicted octanol–water partition coefficient (Wildman–Crippen LogP) is 4.35. The van der Waals surface area contributed by atoms with Crippen molar-refractivity contribution >= 4 is 11.0 Å². The lowest BCUT2D eigenvalue weighted by atomic mass is 10.0. The van der Waals surface area contributed by atoms with Gasteiger partial charge in [-0.2, -0.15) is 0 Å². The van der Waals surface area contributed by atoms with Crippen molar-refractivity contribution in [1.29, 1.82) is 0 Å². The molecule has 1 aliphatic carbocycles. The van der Waals surface area contributed by atoms with Gasteiger partial charge in [0.05, 0.1) is 6.26 Å². The molecule has 2 heteroatoms. The number of fused-ring (bicyclic) bond motifs is 1. The quantitative estimate of drug-likeness (QED) is 0.757. The van der Waals surface area contributed by atoms with Crippen LogP contribution in [0.2, 0.25) is 0 Å². The standard InChI is InChI=1S/C18H17NO/c1-2-5-13(6-3-1)16-7-4-8-17-14(12-20-18(16)17)11-19-15-9-10-15/h1-8,12,15,19H,9-11H2. The van der Waals surface area contributed by atoms with E-state index in [2.05, 4.69) is 47.8 Å². The molecule has 1 heterocycles. The molecule has 0 bridgehead atoms. The lowest BCUT2D eigenvalue weighted by Crippen LogP contribution is -2.14. The molecule has 1 N–H and O–H groups in total. The fourth-order valence-corrected chi connectivity index (χ4v) is 2.63. The average Bonchev–Trinajstić information content (AvgIpc) is 3.25. The highest BCUT2D eigenvalue weighted by Crippen LogP contribution is 2.32. The fourth-order valence-electron chi connectivity index (χ4n) is 2.63. The molecule has 0 unspecified atom stereocenters. The Hall–Kier alpha value is -2.06. The van der Waals surface area contributed by atoms with Crippen LogP contribution in [0.5, 0.6) is 0 Å². The summed E-state index contributed by atoms with van der Waals surface area (Å²) in [7, 11) is 0. The first-order valence-electron chi connectivity index (χ1n) is 7.20. The van der Waals surface area contributed by atoms with E-state index in [1.807, 2.05) is 12.3 Å². The van der Waals surface area contributed by atoms with Gasteiger partial charge in [0.2, 0.25) is 0 Å². The van der Waals surface area contributed by atoms with E-state index in [9.17, 15) is 0 Å². The van der Waals surface area contributed by atoms with Gasteiger partial charge in [0.1, 0.15) is 5.58 Å². The van der Waals surface area contributed by atoms with E-state index >= 15 is 0 Å². The van der Waals surface area contributed by atoms with Crippen LogP contribution >= 0.6 is 0 Å². The van der Waals surface area contributed by atoms with Gasteiger partial charge in [-0.25, -0.2) is 0 Å². The Morgan fingerprint density at radius 1 is 1.00 bits per heavy atom. The van der Waals surface area contributed by atoms with Crippen molar-refractivity contribution < 1.29 is 4.42 Å². The number of hydrogen-bond donors (Lipinski definition) is 1. The predicted molar refractivity (Wildman–Crippen MR) is 81.5 cm³/mol. The number of furan rings is 1. The summed E-state index contributed by atoms with van der Waals surface area (Å²) in [6.07, 6.45) is 4.52. The van der Waals surface area contributed by atoms with Gasteiger partial charge < -0.3 is 9.73 Å². The van der Waals surface area contributed by atoms with Crippen LogP contribution in [0.3, 0.4) is 0 Å². The number of hydrogen-bond acceptors (Lipinski definition) is 2. The Labute approximate surface area is 118 Å². The second-order valence-electron chi connectivity index (χ2n) is 5.46. The van der Waals surface area contributed by atoms with Gasteiger partial charge in [0.15, 0.2) is 0 Å². The van der Waals surface area contributed by atoms with Crippen LogP contribution in [0.25, 0.3) is 22.1 Å². The van der Waals surface area contributed by atoms with Crippen LogP contribution in [0.15, 0.2) is 59.2 Å². The molecule has 20 heavy (non-hydrogen) atoms. The largest absolute Gasteiger partial charge is 0.463 e. The summed E-state index contributed by atoms with van der Waals surface area (Å²) in [6.45, 7) is 0.899. The van der Waals surface area contributed by atoms with Crippen LogP contribution in [-0.2, 0) is 6.54 Å². The minimum absolute atomic E-state index is 0.720. The number of nitrogens with one attached hydrogen (secondary N) is 1. The third-order valence-electron chi connectivity index (χ3n) is 3.92. The lowest BCUT2D eigenvalue weighted by Gasteiger charge is -2.03. The van der Waals surface area contributed by atoms with E-state index in [0.29, 0.717) is 0 Å². The van der Waals surface area contributed by atoms with Crippen LogP contribution in [0.4, 0.5) is 0 Å². The number of rotatable bonds is 4. The third-order valence-corrected chi connectivity index (χ3v) is 3.92. The molecule has 1 saturated carbocycles. The van der Waals surface area contributed by atoms with Crippen molar-refractivity contribution in [3.63, 3.8) is 0 Å². The summed E-state index contributed by atoms with van der Waals surface area (Å²) >= 11 is 0. The maximum Gasteiger partial charge on any atom is 0.142 e. The Morgan fingerprint density at radius 2 is 1.85 bits per heavy atom. The Kier molecular flexibility index (Phi) is 2.82. The highest BCUT2D eigenvalue weighted by molar-refractivity contribution is 5.94. The Balaban J connectivity index is 1.75. The van der Waals surface area contributed by atoms with Gasteiger partial charge in [0, 0.05) is 29.1 Å². The van der Waals surface area contributed by atoms with E-state index in [1.165, 1.54) is 34.9 Å². The molecule has 0 aliphatic heterocycles. The zero-order valence-corrected chi connectivity index (χ0v) is 11.3. The van der Waals surface area contributed by atoms with Crippen molar-refractivity contribution in [3.05, 3.63) is 60.4 Å². The Morgan fingerprint density at radius 3 is 2.65 bits per heavy atom. The molecular formula is C18H17NO. The van der Waals surface area contributed by atoms with Crippen molar-refractivity contribution in [1.82, 2.24) is 5.32 Å². The molecule has 100 valence electrons. The lowest BCUT2D eigenvalue weighted by molar-refractivity contribution is 0.602. The SMILES string of the molecule is c1ccc(-c2cccc3c(CNC4CC4)coc23)cc1. The van der Waals surface area contributed by atoms with Crippen LogP contribution in [0, 0.1) is 0 Å². The van der Waals surface area contributed by atoms with Crippen LogP contribution in [0.1, 0.15) is 18.4 Å². The first kappa shape index (κ1) is 11.7. The topological polar surface area (TPSA) is 25.2 Å².